The maximum Gasteiger partial charge on any atom is 0.338 e. The molecular formula is C19H20N4O4. The van der Waals surface area contributed by atoms with Crippen molar-refractivity contribution in [3.8, 4) is 0 Å². The molecular weight excluding hydrogens is 348 g/mol. The highest BCUT2D eigenvalue weighted by atomic mass is 16.6. The van der Waals surface area contributed by atoms with Crippen LogP contribution in [0.15, 0.2) is 47.7 Å². The van der Waals surface area contributed by atoms with Gasteiger partial charge in [-0.2, -0.15) is 5.10 Å². The number of carbonyl (C=O) groups is 1. The molecule has 8 nitrogen and oxygen atoms in total. The topological polar surface area (TPSA) is 99.1 Å². The molecule has 2 aromatic heterocycles. The predicted molar refractivity (Wildman–Crippen MR) is 97.2 cm³/mol. The average molecular weight is 368 g/mol. The van der Waals surface area contributed by atoms with Gasteiger partial charge in [0.15, 0.2) is 17.8 Å². The Kier molecular flexibility index (Phi) is 4.49. The Morgan fingerprint density at radius 1 is 1.33 bits per heavy atom. The first kappa shape index (κ1) is 17.4. The maximum atomic E-state index is 12.6. The van der Waals surface area contributed by atoms with E-state index in [4.69, 9.17) is 9.47 Å². The van der Waals surface area contributed by atoms with E-state index in [1.54, 1.807) is 28.8 Å². The van der Waals surface area contributed by atoms with Crippen molar-refractivity contribution in [2.45, 2.75) is 38.7 Å². The number of H-pyrrole nitrogens is 1. The molecule has 0 amide bonds. The van der Waals surface area contributed by atoms with Crippen molar-refractivity contribution in [1.29, 1.82) is 0 Å². The molecule has 140 valence electrons. The zero-order valence-corrected chi connectivity index (χ0v) is 15.0. The van der Waals surface area contributed by atoms with Gasteiger partial charge in [-0.15, -0.1) is 0 Å². The molecule has 27 heavy (non-hydrogen) atoms. The van der Waals surface area contributed by atoms with Crippen LogP contribution in [0, 0.1) is 5.92 Å². The normalized spacial score (nSPS) is 25.0. The summed E-state index contributed by atoms with van der Waals surface area (Å²) in [6, 6.07) is 8.85. The number of hydrogen-bond donors (Lipinski definition) is 1. The molecule has 0 unspecified atom stereocenters. The summed E-state index contributed by atoms with van der Waals surface area (Å²) < 4.78 is 13.7. The first-order chi connectivity index (χ1) is 13.1. The fraction of sp³-hybridized carbons (Fsp3) is 0.368. The molecule has 1 aliphatic rings. The number of aromatic nitrogens is 4. The Balaban J connectivity index is 1.70. The van der Waals surface area contributed by atoms with Crippen LogP contribution < -0.4 is 5.56 Å². The number of nitrogens with one attached hydrogen (secondary N) is 1. The van der Waals surface area contributed by atoms with Crippen LogP contribution in [0.25, 0.3) is 11.0 Å². The standard InChI is InChI=1S/C19H20N4O4/c1-3-14-11(2)16(27-19(25)12-7-5-4-6-8-12)18(26-14)23-10-20-15-13(23)9-21-22-17(15)24/h4-11,14,16,18H,3H2,1-2H3,(H,22,24)/t11-,14-,16-,18-/m1/s1. The Morgan fingerprint density at radius 2 is 2.11 bits per heavy atom. The van der Waals surface area contributed by atoms with Gasteiger partial charge in [0, 0.05) is 5.92 Å². The highest BCUT2D eigenvalue weighted by Gasteiger charge is 2.45. The minimum atomic E-state index is -0.578. The van der Waals surface area contributed by atoms with Crippen molar-refractivity contribution in [2.75, 3.05) is 0 Å². The molecule has 8 heteroatoms. The summed E-state index contributed by atoms with van der Waals surface area (Å²) in [5, 5.41) is 6.21. The Morgan fingerprint density at radius 3 is 2.85 bits per heavy atom. The molecule has 3 heterocycles. The molecule has 4 atom stereocenters. The molecule has 3 aromatic rings. The highest BCUT2D eigenvalue weighted by molar-refractivity contribution is 5.89. The largest absolute Gasteiger partial charge is 0.454 e. The smallest absolute Gasteiger partial charge is 0.338 e. The lowest BCUT2D eigenvalue weighted by atomic mass is 9.98. The van der Waals surface area contributed by atoms with Gasteiger partial charge in [-0.25, -0.2) is 14.9 Å². The molecule has 1 N–H and O–H groups in total. The summed E-state index contributed by atoms with van der Waals surface area (Å²) >= 11 is 0. The van der Waals surface area contributed by atoms with Crippen molar-refractivity contribution in [3.05, 3.63) is 58.8 Å². The van der Waals surface area contributed by atoms with Gasteiger partial charge in [0.05, 0.1) is 29.7 Å². The van der Waals surface area contributed by atoms with Crippen LogP contribution in [0.3, 0.4) is 0 Å². The van der Waals surface area contributed by atoms with Gasteiger partial charge in [-0.05, 0) is 18.6 Å². The summed E-state index contributed by atoms with van der Waals surface area (Å²) in [6.07, 6.45) is 2.66. The number of carbonyl (C=O) groups excluding carboxylic acids is 1. The van der Waals surface area contributed by atoms with Gasteiger partial charge < -0.3 is 9.47 Å². The number of fused-ring (bicyclic) bond motifs is 1. The monoisotopic (exact) mass is 368 g/mol. The molecule has 0 aliphatic carbocycles. The van der Waals surface area contributed by atoms with Crippen molar-refractivity contribution >= 4 is 17.0 Å². The summed E-state index contributed by atoms with van der Waals surface area (Å²) in [5.74, 6) is -0.418. The number of esters is 1. The van der Waals surface area contributed by atoms with E-state index in [2.05, 4.69) is 15.2 Å². The summed E-state index contributed by atoms with van der Waals surface area (Å²) in [5.41, 5.74) is 0.918. The minimum absolute atomic E-state index is 0.0138. The van der Waals surface area contributed by atoms with E-state index in [-0.39, 0.29) is 23.1 Å². The van der Waals surface area contributed by atoms with E-state index in [9.17, 15) is 9.59 Å². The molecule has 1 saturated heterocycles. The van der Waals surface area contributed by atoms with Gasteiger partial charge in [0.1, 0.15) is 0 Å². The number of ether oxygens (including phenoxy) is 2. The van der Waals surface area contributed by atoms with E-state index in [1.165, 1.54) is 12.5 Å². The molecule has 1 fully saturated rings. The van der Waals surface area contributed by atoms with Crippen LogP contribution in [0.1, 0.15) is 36.9 Å². The summed E-state index contributed by atoms with van der Waals surface area (Å²) in [6.45, 7) is 4.03. The lowest BCUT2D eigenvalue weighted by molar-refractivity contribution is -0.0467. The van der Waals surface area contributed by atoms with Gasteiger partial charge in [-0.3, -0.25) is 9.36 Å². The molecule has 0 spiro atoms. The van der Waals surface area contributed by atoms with Crippen molar-refractivity contribution in [3.63, 3.8) is 0 Å². The third-order valence-electron chi connectivity index (χ3n) is 5.03. The van der Waals surface area contributed by atoms with E-state index in [0.29, 0.717) is 11.1 Å². The zero-order valence-electron chi connectivity index (χ0n) is 15.0. The maximum absolute atomic E-state index is 12.6. The van der Waals surface area contributed by atoms with Gasteiger partial charge >= 0.3 is 5.97 Å². The Labute approximate surface area is 155 Å². The van der Waals surface area contributed by atoms with Crippen LogP contribution in [0.4, 0.5) is 0 Å². The van der Waals surface area contributed by atoms with Gasteiger partial charge in [0.2, 0.25) is 0 Å². The number of benzene rings is 1. The predicted octanol–water partition coefficient (Wildman–Crippen LogP) is 2.29. The van der Waals surface area contributed by atoms with Gasteiger partial charge in [-0.1, -0.05) is 32.0 Å². The zero-order chi connectivity index (χ0) is 19.0. The third-order valence-corrected chi connectivity index (χ3v) is 5.03. The number of hydrogen-bond acceptors (Lipinski definition) is 6. The number of nitrogens with zero attached hydrogens (tertiary/aromatic N) is 3. The Bertz CT molecular complexity index is 1010. The lowest BCUT2D eigenvalue weighted by Crippen LogP contribution is -2.30. The molecule has 1 aromatic carbocycles. The van der Waals surface area contributed by atoms with Crippen LogP contribution in [-0.2, 0) is 9.47 Å². The molecule has 0 bridgehead atoms. The van der Waals surface area contributed by atoms with Crippen LogP contribution in [-0.4, -0.2) is 37.9 Å². The van der Waals surface area contributed by atoms with E-state index in [0.717, 1.165) is 6.42 Å². The number of imidazole rings is 1. The Hall–Kier alpha value is -3.00. The first-order valence-corrected chi connectivity index (χ1v) is 8.92. The molecule has 1 aliphatic heterocycles. The lowest BCUT2D eigenvalue weighted by Gasteiger charge is -2.22. The second-order valence-electron chi connectivity index (χ2n) is 6.65. The molecule has 0 saturated carbocycles. The van der Waals surface area contributed by atoms with Crippen LogP contribution in [0.2, 0.25) is 0 Å². The second kappa shape index (κ2) is 6.96. The minimum Gasteiger partial charge on any atom is -0.454 e. The van der Waals surface area contributed by atoms with Crippen LogP contribution in [0.5, 0.6) is 0 Å². The van der Waals surface area contributed by atoms with Crippen molar-refractivity contribution < 1.29 is 14.3 Å². The second-order valence-corrected chi connectivity index (χ2v) is 6.65. The SMILES string of the molecule is CC[C@H]1O[C@@H](n2cnc3c(=O)[nH]ncc32)[C@H](OC(=O)c2ccccc2)[C@@H]1C. The van der Waals surface area contributed by atoms with E-state index in [1.807, 2.05) is 19.9 Å². The number of rotatable bonds is 4. The third kappa shape index (κ3) is 3.02. The average Bonchev–Trinajstić information content (AvgIpc) is 3.25. The van der Waals surface area contributed by atoms with Gasteiger partial charge in [0.25, 0.3) is 5.56 Å². The van der Waals surface area contributed by atoms with Crippen LogP contribution >= 0.6 is 0 Å². The first-order valence-electron chi connectivity index (χ1n) is 8.92. The highest BCUT2D eigenvalue weighted by Crippen LogP contribution is 2.38. The van der Waals surface area contributed by atoms with Crippen molar-refractivity contribution in [1.82, 2.24) is 19.7 Å². The fourth-order valence-corrected chi connectivity index (χ4v) is 3.56. The summed E-state index contributed by atoms with van der Waals surface area (Å²) in [7, 11) is 0. The molecule has 0 radical (unpaired) electrons. The fourth-order valence-electron chi connectivity index (χ4n) is 3.56. The van der Waals surface area contributed by atoms with Crippen molar-refractivity contribution in [2.24, 2.45) is 5.92 Å². The number of aromatic amines is 1. The quantitative estimate of drug-likeness (QED) is 0.710. The molecule has 4 rings (SSSR count). The summed E-state index contributed by atoms with van der Waals surface area (Å²) in [4.78, 5) is 28.7. The van der Waals surface area contributed by atoms with E-state index >= 15 is 0 Å². The van der Waals surface area contributed by atoms with E-state index < -0.39 is 18.3 Å².